The third-order valence-electron chi connectivity index (χ3n) is 3.92. The van der Waals surface area contributed by atoms with E-state index in [9.17, 15) is 5.11 Å². The Kier molecular flexibility index (Phi) is 13.4. The number of hydrogen-bond donors (Lipinski definition) is 1. The summed E-state index contributed by atoms with van der Waals surface area (Å²) in [7, 11) is 0. The van der Waals surface area contributed by atoms with Gasteiger partial charge in [-0.2, -0.15) is 0 Å². The van der Waals surface area contributed by atoms with Crippen LogP contribution in [0.2, 0.25) is 0 Å². The van der Waals surface area contributed by atoms with Crippen LogP contribution in [-0.2, 0) is 0 Å². The Labute approximate surface area is 115 Å². The van der Waals surface area contributed by atoms with E-state index in [0.717, 1.165) is 12.3 Å². The monoisotopic (exact) mass is 256 g/mol. The maximum absolute atomic E-state index is 9.41. The zero-order chi connectivity index (χ0) is 13.6. The summed E-state index contributed by atoms with van der Waals surface area (Å²) in [5.41, 5.74) is 0. The average molecular weight is 256 g/mol. The van der Waals surface area contributed by atoms with Gasteiger partial charge in [0, 0.05) is 0 Å². The molecule has 0 aromatic heterocycles. The Hall–Kier alpha value is -0.0400. The summed E-state index contributed by atoms with van der Waals surface area (Å²) < 4.78 is 0. The molecule has 0 bridgehead atoms. The molecule has 0 saturated carbocycles. The molecule has 0 radical (unpaired) electrons. The number of hydrogen-bond acceptors (Lipinski definition) is 1. The second kappa shape index (κ2) is 13.4. The Balaban J connectivity index is 3.66. The van der Waals surface area contributed by atoms with Crippen LogP contribution in [0, 0.1) is 5.92 Å². The highest BCUT2D eigenvalue weighted by molar-refractivity contribution is 4.62. The van der Waals surface area contributed by atoms with E-state index in [-0.39, 0.29) is 6.10 Å². The number of unbranched alkanes of at least 4 members (excludes halogenated alkanes) is 6. The molecule has 2 atom stereocenters. The van der Waals surface area contributed by atoms with E-state index in [0.29, 0.717) is 0 Å². The fraction of sp³-hybridized carbons (Fsp3) is 1.00. The number of rotatable bonds is 13. The van der Waals surface area contributed by atoms with Gasteiger partial charge >= 0.3 is 0 Å². The average Bonchev–Trinajstić information content (AvgIpc) is 2.35. The molecule has 18 heavy (non-hydrogen) atoms. The first-order chi connectivity index (χ1) is 8.70. The minimum atomic E-state index is -0.112. The molecule has 0 spiro atoms. The first kappa shape index (κ1) is 18.0. The summed E-state index contributed by atoms with van der Waals surface area (Å²) in [6, 6.07) is 0. The maximum Gasteiger partial charge on any atom is 0.0512 e. The van der Waals surface area contributed by atoms with Crippen LogP contribution in [0.15, 0.2) is 0 Å². The van der Waals surface area contributed by atoms with Crippen LogP contribution in [0.3, 0.4) is 0 Å². The molecule has 0 heterocycles. The molecule has 1 N–H and O–H groups in total. The molecule has 0 amide bonds. The van der Waals surface area contributed by atoms with Crippen LogP contribution < -0.4 is 0 Å². The van der Waals surface area contributed by atoms with E-state index in [4.69, 9.17) is 0 Å². The van der Waals surface area contributed by atoms with E-state index < -0.39 is 0 Å². The third kappa shape index (κ3) is 12.4. The molecular weight excluding hydrogens is 220 g/mol. The third-order valence-corrected chi connectivity index (χ3v) is 3.92. The minimum Gasteiger partial charge on any atom is -0.393 e. The second-order valence-electron chi connectivity index (χ2n) is 5.99. The molecule has 0 aromatic carbocycles. The van der Waals surface area contributed by atoms with Gasteiger partial charge in [-0.05, 0) is 25.7 Å². The molecule has 1 heteroatoms. The predicted molar refractivity (Wildman–Crippen MR) is 81.9 cm³/mol. The highest BCUT2D eigenvalue weighted by Crippen LogP contribution is 2.23. The highest BCUT2D eigenvalue weighted by atomic mass is 16.3. The van der Waals surface area contributed by atoms with Gasteiger partial charge in [-0.25, -0.2) is 0 Å². The van der Waals surface area contributed by atoms with E-state index in [1.54, 1.807) is 0 Å². The molecule has 0 aliphatic heterocycles. The smallest absolute Gasteiger partial charge is 0.0512 e. The van der Waals surface area contributed by atoms with Gasteiger partial charge in [0.05, 0.1) is 6.10 Å². The van der Waals surface area contributed by atoms with Crippen LogP contribution >= 0.6 is 0 Å². The molecular formula is C17H36O. The van der Waals surface area contributed by atoms with Gasteiger partial charge < -0.3 is 5.11 Å². The van der Waals surface area contributed by atoms with Crippen LogP contribution in [-0.4, -0.2) is 11.2 Å². The lowest BCUT2D eigenvalue weighted by atomic mass is 9.90. The molecule has 0 aliphatic carbocycles. The summed E-state index contributed by atoms with van der Waals surface area (Å²) in [6.07, 6.45) is 15.9. The number of aliphatic hydroxyl groups excluding tert-OH is 1. The molecule has 0 fully saturated rings. The molecule has 0 aromatic rings. The minimum absolute atomic E-state index is 0.112. The lowest BCUT2D eigenvalue weighted by molar-refractivity contribution is 0.170. The van der Waals surface area contributed by atoms with Gasteiger partial charge in [0.15, 0.2) is 0 Å². The van der Waals surface area contributed by atoms with Crippen molar-refractivity contribution in [2.45, 2.75) is 104 Å². The van der Waals surface area contributed by atoms with Crippen molar-refractivity contribution in [1.29, 1.82) is 0 Å². The largest absolute Gasteiger partial charge is 0.393 e. The molecule has 0 aliphatic rings. The Morgan fingerprint density at radius 1 is 0.667 bits per heavy atom. The zero-order valence-electron chi connectivity index (χ0n) is 13.1. The fourth-order valence-electron chi connectivity index (χ4n) is 2.63. The summed E-state index contributed by atoms with van der Waals surface area (Å²) in [4.78, 5) is 0. The summed E-state index contributed by atoms with van der Waals surface area (Å²) in [5.74, 6) is 0.868. The Morgan fingerprint density at radius 2 is 1.17 bits per heavy atom. The Bertz CT molecular complexity index is 154. The first-order valence-electron chi connectivity index (χ1n) is 8.38. The van der Waals surface area contributed by atoms with Crippen LogP contribution in [0.5, 0.6) is 0 Å². The van der Waals surface area contributed by atoms with Crippen molar-refractivity contribution < 1.29 is 5.11 Å². The normalized spacial score (nSPS) is 14.7. The second-order valence-corrected chi connectivity index (χ2v) is 5.99. The van der Waals surface area contributed by atoms with Crippen molar-refractivity contribution >= 4 is 0 Å². The van der Waals surface area contributed by atoms with Crippen LogP contribution in [0.25, 0.3) is 0 Å². The van der Waals surface area contributed by atoms with Gasteiger partial charge in [-0.15, -0.1) is 0 Å². The number of aliphatic hydroxyl groups is 1. The molecule has 2 unspecified atom stereocenters. The van der Waals surface area contributed by atoms with Gasteiger partial charge in [-0.1, -0.05) is 78.1 Å². The maximum atomic E-state index is 9.41. The summed E-state index contributed by atoms with van der Waals surface area (Å²) in [6.45, 7) is 6.47. The standard InChI is InChI=1S/C17H36O/c1-4-6-8-9-11-13-17(12-10-7-5-2)15-14-16(3)18/h16-18H,4-15H2,1-3H3. The van der Waals surface area contributed by atoms with E-state index in [1.807, 2.05) is 6.92 Å². The molecule has 0 rings (SSSR count). The van der Waals surface area contributed by atoms with Gasteiger partial charge in [0.2, 0.25) is 0 Å². The van der Waals surface area contributed by atoms with Gasteiger partial charge in [0.25, 0.3) is 0 Å². The fourth-order valence-corrected chi connectivity index (χ4v) is 2.63. The predicted octanol–water partition coefficient (Wildman–Crippen LogP) is 5.70. The quantitative estimate of drug-likeness (QED) is 0.419. The Morgan fingerprint density at radius 3 is 1.72 bits per heavy atom. The zero-order valence-corrected chi connectivity index (χ0v) is 13.1. The van der Waals surface area contributed by atoms with Crippen LogP contribution in [0.1, 0.15) is 97.8 Å². The molecule has 110 valence electrons. The van der Waals surface area contributed by atoms with Crippen molar-refractivity contribution in [2.75, 3.05) is 0 Å². The summed E-state index contributed by atoms with van der Waals surface area (Å²) >= 11 is 0. The molecule has 0 saturated heterocycles. The van der Waals surface area contributed by atoms with Gasteiger partial charge in [-0.3, -0.25) is 0 Å². The van der Waals surface area contributed by atoms with Crippen LogP contribution in [0.4, 0.5) is 0 Å². The van der Waals surface area contributed by atoms with E-state index in [2.05, 4.69) is 13.8 Å². The van der Waals surface area contributed by atoms with Crippen molar-refractivity contribution in [3.63, 3.8) is 0 Å². The van der Waals surface area contributed by atoms with Crippen molar-refractivity contribution in [1.82, 2.24) is 0 Å². The SMILES string of the molecule is CCCCCCCC(CCCCC)CCC(C)O. The van der Waals surface area contributed by atoms with Crippen molar-refractivity contribution in [2.24, 2.45) is 5.92 Å². The highest BCUT2D eigenvalue weighted by Gasteiger charge is 2.09. The lowest BCUT2D eigenvalue weighted by Gasteiger charge is -2.17. The van der Waals surface area contributed by atoms with E-state index in [1.165, 1.54) is 70.6 Å². The lowest BCUT2D eigenvalue weighted by Crippen LogP contribution is -2.07. The van der Waals surface area contributed by atoms with Gasteiger partial charge in [0.1, 0.15) is 0 Å². The van der Waals surface area contributed by atoms with E-state index >= 15 is 0 Å². The van der Waals surface area contributed by atoms with Crippen molar-refractivity contribution in [3.05, 3.63) is 0 Å². The van der Waals surface area contributed by atoms with Crippen molar-refractivity contribution in [3.8, 4) is 0 Å². The first-order valence-corrected chi connectivity index (χ1v) is 8.38. The molecule has 1 nitrogen and oxygen atoms in total. The summed E-state index contributed by atoms with van der Waals surface area (Å²) in [5, 5.41) is 9.41. The topological polar surface area (TPSA) is 20.2 Å².